The van der Waals surface area contributed by atoms with E-state index in [0.717, 1.165) is 0 Å². The van der Waals surface area contributed by atoms with Crippen molar-refractivity contribution >= 4 is 0 Å². The predicted molar refractivity (Wildman–Crippen MR) is 50.2 cm³/mol. The van der Waals surface area contributed by atoms with E-state index in [1.54, 1.807) is 7.11 Å². The number of ether oxygens (including phenoxy) is 1. The molecule has 0 radical (unpaired) electrons. The number of nitrogens with one attached hydrogen (secondary N) is 1. The average Bonchev–Trinajstić information content (AvgIpc) is 2.17. The number of nitrogens with zero attached hydrogens (tertiary/aromatic N) is 1. The second kappa shape index (κ2) is 6.84. The van der Waals surface area contributed by atoms with Crippen LogP contribution in [0.3, 0.4) is 0 Å². The van der Waals surface area contributed by atoms with Crippen LogP contribution in [0.2, 0.25) is 0 Å². The summed E-state index contributed by atoms with van der Waals surface area (Å²) in [5.41, 5.74) is -0.593. The van der Waals surface area contributed by atoms with Gasteiger partial charge in [-0.25, -0.2) is 0 Å². The minimum atomic E-state index is -0.593. The molecule has 4 nitrogen and oxygen atoms in total. The first-order valence-corrected chi connectivity index (χ1v) is 4.50. The van der Waals surface area contributed by atoms with Gasteiger partial charge in [0.05, 0.1) is 12.7 Å². The van der Waals surface area contributed by atoms with Crippen molar-refractivity contribution in [2.75, 3.05) is 26.9 Å². The average molecular weight is 186 g/mol. The number of nitriles is 1. The maximum Gasteiger partial charge on any atom is 0.130 e. The van der Waals surface area contributed by atoms with Crippen LogP contribution >= 0.6 is 0 Å². The number of methoxy groups -OCH3 is 1. The first kappa shape index (κ1) is 12.4. The molecule has 0 aromatic carbocycles. The van der Waals surface area contributed by atoms with Crippen LogP contribution < -0.4 is 5.32 Å². The summed E-state index contributed by atoms with van der Waals surface area (Å²) in [6.45, 7) is 3.10. The summed E-state index contributed by atoms with van der Waals surface area (Å²) in [4.78, 5) is 0. The highest BCUT2D eigenvalue weighted by Gasteiger charge is 2.26. The second-order valence-electron chi connectivity index (χ2n) is 2.98. The van der Waals surface area contributed by atoms with Crippen LogP contribution in [0.1, 0.15) is 19.8 Å². The third-order valence-electron chi connectivity index (χ3n) is 2.01. The van der Waals surface area contributed by atoms with Crippen molar-refractivity contribution in [3.8, 4) is 6.07 Å². The van der Waals surface area contributed by atoms with Crippen molar-refractivity contribution in [2.24, 2.45) is 0 Å². The first-order valence-electron chi connectivity index (χ1n) is 4.50. The zero-order chi connectivity index (χ0) is 10.2. The van der Waals surface area contributed by atoms with E-state index < -0.39 is 5.54 Å². The van der Waals surface area contributed by atoms with E-state index in [0.29, 0.717) is 26.0 Å². The number of hydrogen-bond donors (Lipinski definition) is 2. The summed E-state index contributed by atoms with van der Waals surface area (Å²) in [7, 11) is 1.58. The van der Waals surface area contributed by atoms with Gasteiger partial charge in [0.1, 0.15) is 5.54 Å². The fraction of sp³-hybridized carbons (Fsp3) is 0.889. The molecule has 0 fully saturated rings. The summed E-state index contributed by atoms with van der Waals surface area (Å²) in [5, 5.41) is 20.6. The molecule has 0 bridgehead atoms. The molecule has 0 aliphatic rings. The Kier molecular flexibility index (Phi) is 6.51. The molecule has 0 aromatic rings. The minimum Gasteiger partial charge on any atom is -0.396 e. The van der Waals surface area contributed by atoms with Crippen LogP contribution in [0.4, 0.5) is 0 Å². The zero-order valence-electron chi connectivity index (χ0n) is 8.34. The Morgan fingerprint density at radius 2 is 2.31 bits per heavy atom. The van der Waals surface area contributed by atoms with Gasteiger partial charge in [-0.2, -0.15) is 5.26 Å². The summed E-state index contributed by atoms with van der Waals surface area (Å²) < 4.78 is 4.97. The Hall–Kier alpha value is -0.630. The largest absolute Gasteiger partial charge is 0.396 e. The third-order valence-corrected chi connectivity index (χ3v) is 2.01. The van der Waals surface area contributed by atoms with E-state index in [1.807, 2.05) is 6.92 Å². The Labute approximate surface area is 79.5 Å². The topological polar surface area (TPSA) is 65.3 Å². The second-order valence-corrected chi connectivity index (χ2v) is 2.98. The number of aliphatic hydroxyl groups is 1. The van der Waals surface area contributed by atoms with E-state index in [9.17, 15) is 0 Å². The van der Waals surface area contributed by atoms with Gasteiger partial charge in [0.15, 0.2) is 0 Å². The van der Waals surface area contributed by atoms with Crippen LogP contribution in [0, 0.1) is 11.3 Å². The van der Waals surface area contributed by atoms with Gasteiger partial charge in [0.25, 0.3) is 0 Å². The molecule has 0 saturated carbocycles. The highest BCUT2D eigenvalue weighted by molar-refractivity contribution is 5.06. The normalized spacial score (nSPS) is 14.9. The Morgan fingerprint density at radius 1 is 1.62 bits per heavy atom. The molecule has 0 aliphatic heterocycles. The summed E-state index contributed by atoms with van der Waals surface area (Å²) in [6.07, 6.45) is 1.36. The van der Waals surface area contributed by atoms with E-state index in [1.165, 1.54) is 0 Å². The van der Waals surface area contributed by atoms with E-state index in [4.69, 9.17) is 15.1 Å². The molecule has 2 N–H and O–H groups in total. The molecule has 0 aliphatic carbocycles. The summed E-state index contributed by atoms with van der Waals surface area (Å²) in [6, 6.07) is 2.21. The van der Waals surface area contributed by atoms with E-state index in [-0.39, 0.29) is 6.61 Å². The highest BCUT2D eigenvalue weighted by atomic mass is 16.5. The van der Waals surface area contributed by atoms with Gasteiger partial charge in [-0.05, 0) is 19.4 Å². The van der Waals surface area contributed by atoms with Crippen LogP contribution in [-0.4, -0.2) is 37.5 Å². The molecule has 0 aromatic heterocycles. The maximum absolute atomic E-state index is 8.95. The Morgan fingerprint density at radius 3 is 2.69 bits per heavy atom. The molecule has 13 heavy (non-hydrogen) atoms. The Balaban J connectivity index is 3.99. The standard InChI is InChI=1S/C9H18N2O2/c1-3-9(7-10,8-13-2)11-5-4-6-12/h11-12H,3-6,8H2,1-2H3. The lowest BCUT2D eigenvalue weighted by molar-refractivity contribution is 0.133. The number of aliphatic hydroxyl groups excluding tert-OH is 1. The van der Waals surface area contributed by atoms with Crippen molar-refractivity contribution in [1.82, 2.24) is 5.32 Å². The summed E-state index contributed by atoms with van der Waals surface area (Å²) in [5.74, 6) is 0. The molecule has 0 heterocycles. The molecule has 1 unspecified atom stereocenters. The molecule has 1 atom stereocenters. The lowest BCUT2D eigenvalue weighted by Crippen LogP contribution is -2.47. The molecule has 0 rings (SSSR count). The van der Waals surface area contributed by atoms with Crippen LogP contribution in [0.25, 0.3) is 0 Å². The van der Waals surface area contributed by atoms with Gasteiger partial charge in [-0.3, -0.25) is 5.32 Å². The van der Waals surface area contributed by atoms with Crippen molar-refractivity contribution in [2.45, 2.75) is 25.3 Å². The minimum absolute atomic E-state index is 0.144. The fourth-order valence-corrected chi connectivity index (χ4v) is 1.08. The SMILES string of the molecule is CCC(C#N)(COC)NCCCO. The lowest BCUT2D eigenvalue weighted by Gasteiger charge is -2.25. The first-order chi connectivity index (χ1) is 6.24. The van der Waals surface area contributed by atoms with Crippen LogP contribution in [-0.2, 0) is 4.74 Å². The predicted octanol–water partition coefficient (Wildman–Crippen LogP) is 0.277. The van der Waals surface area contributed by atoms with Gasteiger partial charge in [0.2, 0.25) is 0 Å². The highest BCUT2D eigenvalue weighted by Crippen LogP contribution is 2.08. The third kappa shape index (κ3) is 4.23. The fourth-order valence-electron chi connectivity index (χ4n) is 1.08. The van der Waals surface area contributed by atoms with Gasteiger partial charge in [-0.15, -0.1) is 0 Å². The van der Waals surface area contributed by atoms with Crippen LogP contribution in [0.15, 0.2) is 0 Å². The zero-order valence-corrected chi connectivity index (χ0v) is 8.34. The lowest BCUT2D eigenvalue weighted by atomic mass is 9.99. The Bertz CT molecular complexity index is 167. The molecule has 0 spiro atoms. The van der Waals surface area contributed by atoms with Gasteiger partial charge < -0.3 is 9.84 Å². The van der Waals surface area contributed by atoms with Gasteiger partial charge in [0, 0.05) is 13.7 Å². The molecule has 76 valence electrons. The van der Waals surface area contributed by atoms with Crippen LogP contribution in [0.5, 0.6) is 0 Å². The van der Waals surface area contributed by atoms with E-state index >= 15 is 0 Å². The molecular formula is C9H18N2O2. The molecule has 0 saturated heterocycles. The van der Waals surface area contributed by atoms with Crippen molar-refractivity contribution in [1.29, 1.82) is 5.26 Å². The van der Waals surface area contributed by atoms with Crippen molar-refractivity contribution in [3.05, 3.63) is 0 Å². The number of hydrogen-bond acceptors (Lipinski definition) is 4. The van der Waals surface area contributed by atoms with Crippen molar-refractivity contribution < 1.29 is 9.84 Å². The molecule has 4 heteroatoms. The van der Waals surface area contributed by atoms with Gasteiger partial charge in [-0.1, -0.05) is 6.92 Å². The summed E-state index contributed by atoms with van der Waals surface area (Å²) >= 11 is 0. The smallest absolute Gasteiger partial charge is 0.130 e. The quantitative estimate of drug-likeness (QED) is 0.560. The molecular weight excluding hydrogens is 168 g/mol. The maximum atomic E-state index is 8.95. The van der Waals surface area contributed by atoms with Crippen molar-refractivity contribution in [3.63, 3.8) is 0 Å². The molecule has 0 amide bonds. The number of rotatable bonds is 7. The van der Waals surface area contributed by atoms with E-state index in [2.05, 4.69) is 11.4 Å². The van der Waals surface area contributed by atoms with Gasteiger partial charge >= 0.3 is 0 Å². The monoisotopic (exact) mass is 186 g/mol.